The molecule has 5 heteroatoms. The Morgan fingerprint density at radius 3 is 2.20 bits per heavy atom. The van der Waals surface area contributed by atoms with Gasteiger partial charge in [0.25, 0.3) is 0 Å². The molecule has 0 radical (unpaired) electrons. The predicted molar refractivity (Wildman–Crippen MR) is 74.4 cm³/mol. The molecule has 0 bridgehead atoms. The summed E-state index contributed by atoms with van der Waals surface area (Å²) < 4.78 is 23.8. The average Bonchev–Trinajstić information content (AvgIpc) is 2.48. The van der Waals surface area contributed by atoms with Crippen molar-refractivity contribution in [2.45, 2.75) is 0 Å². The zero-order chi connectivity index (χ0) is 14.7. The van der Waals surface area contributed by atoms with Crippen LogP contribution >= 0.6 is 11.6 Å². The lowest BCUT2D eigenvalue weighted by Gasteiger charge is -2.12. The third kappa shape index (κ3) is 2.60. The molecule has 2 aromatic rings. The SMILES string of the molecule is COc1cccc(OC)c1C(=O)c1ccc(Cl)c(F)c1. The number of carbonyl (C=O) groups is 1. The van der Waals surface area contributed by atoms with Gasteiger partial charge in [-0.25, -0.2) is 4.39 Å². The molecule has 0 aliphatic carbocycles. The van der Waals surface area contributed by atoms with Gasteiger partial charge in [0, 0.05) is 5.56 Å². The second kappa shape index (κ2) is 5.92. The fourth-order valence-corrected chi connectivity index (χ4v) is 1.97. The van der Waals surface area contributed by atoms with Crippen LogP contribution in [0.3, 0.4) is 0 Å². The van der Waals surface area contributed by atoms with Crippen LogP contribution in [-0.2, 0) is 0 Å². The number of ketones is 1. The van der Waals surface area contributed by atoms with Gasteiger partial charge in [0.15, 0.2) is 0 Å². The minimum Gasteiger partial charge on any atom is -0.496 e. The van der Waals surface area contributed by atoms with E-state index in [2.05, 4.69) is 0 Å². The number of carbonyl (C=O) groups excluding carboxylic acids is 1. The number of rotatable bonds is 4. The van der Waals surface area contributed by atoms with Crippen LogP contribution in [0.25, 0.3) is 0 Å². The summed E-state index contributed by atoms with van der Waals surface area (Å²) in [5.74, 6) is -0.310. The first-order valence-electron chi connectivity index (χ1n) is 5.79. The molecule has 0 fully saturated rings. The Bertz CT molecular complexity index is 633. The zero-order valence-corrected chi connectivity index (χ0v) is 11.7. The molecule has 0 unspecified atom stereocenters. The standard InChI is InChI=1S/C15H12ClFO3/c1-19-12-4-3-5-13(20-2)14(12)15(18)9-6-7-10(16)11(17)8-9/h3-8H,1-2H3. The van der Waals surface area contributed by atoms with E-state index < -0.39 is 11.6 Å². The molecule has 0 aromatic heterocycles. The van der Waals surface area contributed by atoms with Crippen molar-refractivity contribution in [2.24, 2.45) is 0 Å². The Morgan fingerprint density at radius 2 is 1.70 bits per heavy atom. The Labute approximate surface area is 120 Å². The molecule has 0 atom stereocenters. The molecule has 0 saturated heterocycles. The highest BCUT2D eigenvalue weighted by molar-refractivity contribution is 6.30. The highest BCUT2D eigenvalue weighted by Gasteiger charge is 2.20. The van der Waals surface area contributed by atoms with Gasteiger partial charge >= 0.3 is 0 Å². The fourth-order valence-electron chi connectivity index (χ4n) is 1.86. The highest BCUT2D eigenvalue weighted by Crippen LogP contribution is 2.31. The molecule has 0 saturated carbocycles. The zero-order valence-electron chi connectivity index (χ0n) is 10.9. The topological polar surface area (TPSA) is 35.5 Å². The Balaban J connectivity index is 2.55. The van der Waals surface area contributed by atoms with Crippen molar-refractivity contribution in [3.05, 3.63) is 58.4 Å². The summed E-state index contributed by atoms with van der Waals surface area (Å²) in [7, 11) is 2.90. The van der Waals surface area contributed by atoms with Crippen molar-refractivity contribution in [3.63, 3.8) is 0 Å². The number of benzene rings is 2. The van der Waals surface area contributed by atoms with E-state index in [0.717, 1.165) is 6.07 Å². The van der Waals surface area contributed by atoms with E-state index in [9.17, 15) is 9.18 Å². The average molecular weight is 295 g/mol. The normalized spacial score (nSPS) is 10.2. The van der Waals surface area contributed by atoms with E-state index in [0.29, 0.717) is 11.5 Å². The maximum atomic E-state index is 13.5. The molecule has 3 nitrogen and oxygen atoms in total. The smallest absolute Gasteiger partial charge is 0.200 e. The number of hydrogen-bond donors (Lipinski definition) is 0. The summed E-state index contributed by atoms with van der Waals surface area (Å²) in [6, 6.07) is 8.88. The molecule has 0 aliphatic heterocycles. The highest BCUT2D eigenvalue weighted by atomic mass is 35.5. The molecular formula is C15H12ClFO3. The van der Waals surface area contributed by atoms with Crippen molar-refractivity contribution >= 4 is 17.4 Å². The van der Waals surface area contributed by atoms with E-state index in [-0.39, 0.29) is 16.1 Å². The summed E-state index contributed by atoms with van der Waals surface area (Å²) in [6.45, 7) is 0. The Kier molecular flexibility index (Phi) is 4.25. The van der Waals surface area contributed by atoms with Crippen molar-refractivity contribution in [2.75, 3.05) is 14.2 Å². The van der Waals surface area contributed by atoms with Crippen molar-refractivity contribution in [1.82, 2.24) is 0 Å². The monoisotopic (exact) mass is 294 g/mol. The quantitative estimate of drug-likeness (QED) is 0.806. The Hall–Kier alpha value is -2.07. The van der Waals surface area contributed by atoms with Crippen LogP contribution in [-0.4, -0.2) is 20.0 Å². The van der Waals surface area contributed by atoms with Gasteiger partial charge in [-0.1, -0.05) is 17.7 Å². The summed E-state index contributed by atoms with van der Waals surface area (Å²) in [5, 5.41) is -0.0338. The first-order chi connectivity index (χ1) is 9.58. The molecule has 2 aromatic carbocycles. The summed E-state index contributed by atoms with van der Waals surface area (Å²) >= 11 is 5.61. The van der Waals surface area contributed by atoms with E-state index >= 15 is 0 Å². The first-order valence-corrected chi connectivity index (χ1v) is 6.17. The summed E-state index contributed by atoms with van der Waals surface area (Å²) in [4.78, 5) is 12.5. The summed E-state index contributed by atoms with van der Waals surface area (Å²) in [5.41, 5.74) is 0.425. The van der Waals surface area contributed by atoms with Gasteiger partial charge in [0.2, 0.25) is 5.78 Å². The minimum atomic E-state index is -0.647. The third-order valence-corrected chi connectivity index (χ3v) is 3.14. The van der Waals surface area contributed by atoms with Crippen LogP contribution in [0.2, 0.25) is 5.02 Å². The number of methoxy groups -OCH3 is 2. The van der Waals surface area contributed by atoms with Gasteiger partial charge in [-0.2, -0.15) is 0 Å². The fraction of sp³-hybridized carbons (Fsp3) is 0.133. The number of halogens is 2. The third-order valence-electron chi connectivity index (χ3n) is 2.84. The van der Waals surface area contributed by atoms with Gasteiger partial charge in [-0.15, -0.1) is 0 Å². The molecule has 20 heavy (non-hydrogen) atoms. The lowest BCUT2D eigenvalue weighted by Crippen LogP contribution is -2.07. The van der Waals surface area contributed by atoms with E-state index in [1.165, 1.54) is 26.4 Å². The van der Waals surface area contributed by atoms with Crippen LogP contribution in [0, 0.1) is 5.82 Å². The van der Waals surface area contributed by atoms with Crippen LogP contribution < -0.4 is 9.47 Å². The molecule has 0 heterocycles. The van der Waals surface area contributed by atoms with Crippen molar-refractivity contribution in [3.8, 4) is 11.5 Å². The summed E-state index contributed by atoms with van der Waals surface area (Å²) in [6.07, 6.45) is 0. The largest absolute Gasteiger partial charge is 0.496 e. The van der Waals surface area contributed by atoms with Gasteiger partial charge in [0.05, 0.1) is 19.2 Å². The number of hydrogen-bond acceptors (Lipinski definition) is 3. The lowest BCUT2D eigenvalue weighted by molar-refractivity contribution is 0.103. The predicted octanol–water partition coefficient (Wildman–Crippen LogP) is 3.73. The minimum absolute atomic E-state index is 0.0338. The van der Waals surface area contributed by atoms with Crippen LogP contribution in [0.5, 0.6) is 11.5 Å². The van der Waals surface area contributed by atoms with E-state index in [1.807, 2.05) is 0 Å². The van der Waals surface area contributed by atoms with Crippen LogP contribution in [0.15, 0.2) is 36.4 Å². The molecule has 0 N–H and O–H groups in total. The molecule has 0 amide bonds. The molecule has 0 spiro atoms. The van der Waals surface area contributed by atoms with Gasteiger partial charge in [-0.3, -0.25) is 4.79 Å². The molecule has 2 rings (SSSR count). The second-order valence-electron chi connectivity index (χ2n) is 4.00. The number of ether oxygens (including phenoxy) is 2. The molecule has 104 valence electrons. The van der Waals surface area contributed by atoms with Gasteiger partial charge in [0.1, 0.15) is 22.9 Å². The van der Waals surface area contributed by atoms with E-state index in [1.54, 1.807) is 18.2 Å². The first kappa shape index (κ1) is 14.3. The van der Waals surface area contributed by atoms with Gasteiger partial charge in [-0.05, 0) is 30.3 Å². The van der Waals surface area contributed by atoms with Crippen LogP contribution in [0.4, 0.5) is 4.39 Å². The molecular weight excluding hydrogens is 283 g/mol. The van der Waals surface area contributed by atoms with Crippen LogP contribution in [0.1, 0.15) is 15.9 Å². The Morgan fingerprint density at radius 1 is 1.10 bits per heavy atom. The van der Waals surface area contributed by atoms with Gasteiger partial charge < -0.3 is 9.47 Å². The van der Waals surface area contributed by atoms with Crippen molar-refractivity contribution in [1.29, 1.82) is 0 Å². The molecule has 0 aliphatic rings. The maximum Gasteiger partial charge on any atom is 0.200 e. The maximum absolute atomic E-state index is 13.5. The second-order valence-corrected chi connectivity index (χ2v) is 4.40. The lowest BCUT2D eigenvalue weighted by atomic mass is 10.0. The van der Waals surface area contributed by atoms with E-state index in [4.69, 9.17) is 21.1 Å². The van der Waals surface area contributed by atoms with Crippen molar-refractivity contribution < 1.29 is 18.7 Å².